The van der Waals surface area contributed by atoms with Gasteiger partial charge in [0.2, 0.25) is 0 Å². The topological polar surface area (TPSA) is 835 Å². The Morgan fingerprint density at radius 3 is 0.902 bits per heavy atom. The molecule has 11 atom stereocenters. The molecule has 31 N–H and O–H groups in total. The van der Waals surface area contributed by atoms with Crippen molar-refractivity contribution in [1.29, 1.82) is 0 Å². The van der Waals surface area contributed by atoms with Crippen molar-refractivity contribution in [2.75, 3.05) is 124 Å². The summed E-state index contributed by atoms with van der Waals surface area (Å²) in [6.07, 6.45) is 8.89. The van der Waals surface area contributed by atoms with E-state index in [0.29, 0.717) is 110 Å². The van der Waals surface area contributed by atoms with Crippen LogP contribution in [0.25, 0.3) is 0 Å². The minimum Gasteiger partial charge on any atom is -0.427 e. The average Bonchev–Trinajstić information content (AvgIpc) is 1.52. The predicted molar refractivity (Wildman–Crippen MR) is 434 cm³/mol. The number of carbonyl (C=O) groups excluding carboxylic acids is 10. The summed E-state index contributed by atoms with van der Waals surface area (Å²) in [6.45, 7) is 2.36. The molecule has 9 heterocycles. The third-order valence-corrected chi connectivity index (χ3v) is 33.4. The van der Waals surface area contributed by atoms with Crippen LogP contribution < -0.4 is 70.7 Å². The summed E-state index contributed by atoms with van der Waals surface area (Å²) >= 11 is 0. The van der Waals surface area contributed by atoms with Crippen molar-refractivity contribution in [1.82, 2.24) is 54.9 Å². The summed E-state index contributed by atoms with van der Waals surface area (Å²) in [5.74, 6) is -21.8. The monoisotopic (exact) mass is 2020 g/mol. The van der Waals surface area contributed by atoms with Crippen LogP contribution in [-0.4, -0.2) is 401 Å². The molecule has 70 heteroatoms. The quantitative estimate of drug-likeness (QED) is 0.0205. The van der Waals surface area contributed by atoms with Gasteiger partial charge in [-0.1, -0.05) is 32.1 Å². The van der Waals surface area contributed by atoms with Crippen molar-refractivity contribution < 1.29 is 184 Å². The van der Waals surface area contributed by atoms with Gasteiger partial charge in [0.05, 0.1) is 5.54 Å². The Morgan fingerprint density at radius 2 is 0.674 bits per heavy atom. The number of nitrogens with two attached hydrogens (primary N) is 8. The minimum absolute atomic E-state index is 0.0254. The van der Waals surface area contributed by atoms with Gasteiger partial charge in [-0.15, -0.1) is 0 Å². The Kier molecular flexibility index (Phi) is 46.2. The molecule has 3 saturated carbocycles. The van der Waals surface area contributed by atoms with Crippen LogP contribution in [0.15, 0.2) is 0 Å². The molecule has 2 spiro atoms. The number of nitrogens with one attached hydrogen (secondary N) is 5. The lowest BCUT2D eigenvalue weighted by Gasteiger charge is -2.57. The molecule has 1 unspecified atom stereocenters. The van der Waals surface area contributed by atoms with E-state index in [1.54, 1.807) is 9.03 Å². The van der Waals surface area contributed by atoms with Crippen LogP contribution in [0.3, 0.4) is 0 Å². The Hall–Kier alpha value is -4.93. The van der Waals surface area contributed by atoms with Crippen LogP contribution in [0.2, 0.25) is 31.6 Å². The van der Waals surface area contributed by atoms with E-state index in [4.69, 9.17) is 144 Å². The van der Waals surface area contributed by atoms with Crippen LogP contribution in [0.5, 0.6) is 0 Å². The molecule has 0 bridgehead atoms. The number of hydrogen-bond donors (Lipinski definition) is 23. The molecule has 0 radical (unpaired) electrons. The molecular weight excluding hydrogens is 1910 g/mol. The first-order chi connectivity index (χ1) is 60.9. The van der Waals surface area contributed by atoms with Crippen LogP contribution in [-0.2, 0) is 99.0 Å². The largest absolute Gasteiger partial charge is 0.451 e. The molecule has 50 nitrogen and oxygen atoms in total. The number of hydrogen-bond acceptors (Lipinski definition) is 40. The van der Waals surface area contributed by atoms with Crippen molar-refractivity contribution in [3.05, 3.63) is 0 Å². The van der Waals surface area contributed by atoms with E-state index in [1.165, 1.54) is 17.6 Å². The summed E-state index contributed by atoms with van der Waals surface area (Å²) in [4.78, 5) is 81.2. The second-order valence-corrected chi connectivity index (χ2v) is 42.5. The average molecular weight is 2030 g/mol. The molecule has 3 aliphatic carbocycles. The standard InChI is InChI=1S/2C12H25BN4O4S.2C11H21BF4N4O4S.C11H23BF2N4O4S.5CO2/c14-11-7-16(6-10(11)2-1-4-13(18)19)22(20,21)17-5-3-12(17)8-15-9-12;14-11-7-16(6-10(11)2-1-4-13(18)19)22(20,21)17-8-12(9-17)3-5-15-12;13-10(14)9(18,11(10,15)16)6-19-25(23,24)20-4-7(8(17)5-20)2-1-3-12(21)22;13-10(14)9(6-17,11(10,15)16)19-25(23,24)20-4-7(8(18)5-20)2-1-3-12(21)22;13-11(14)6-10(11,7-15)17-23(21,22)18-4-8(9(16)5-18)2-1-3-12(19)20;5*2-1-3/h2*10-11,15,18-19H,1-9,14H2;2*7-8,19,21-22H,1-6,17-18H2;8-9,17,19-20H,1-7,15-16H2;;;;;/t2*10-,11-;2*7-,8-;8-,9-,10?;;;;;/m00000...../s1. The maximum absolute atomic E-state index is 13.4. The zero-order chi connectivity index (χ0) is 101. The molecule has 9 aliphatic heterocycles. The fourth-order valence-corrected chi connectivity index (χ4v) is 24.9. The van der Waals surface area contributed by atoms with Gasteiger partial charge < -0.3 is 107 Å². The lowest BCUT2D eigenvalue weighted by molar-refractivity contribution is -0.193. The second kappa shape index (κ2) is 50.3. The predicted octanol–water partition coefficient (Wildman–Crippen LogP) is -12.6. The first-order valence-electron chi connectivity index (χ1n) is 40.8. The zero-order valence-corrected chi connectivity index (χ0v) is 75.1. The van der Waals surface area contributed by atoms with Gasteiger partial charge in [-0.05, 0) is 113 Å². The van der Waals surface area contributed by atoms with E-state index in [0.717, 1.165) is 58.2 Å². The van der Waals surface area contributed by atoms with E-state index in [1.807, 2.05) is 4.72 Å². The molecule has 0 amide bonds. The zero-order valence-electron chi connectivity index (χ0n) is 71.0. The van der Waals surface area contributed by atoms with Crippen LogP contribution in [0.4, 0.5) is 43.9 Å². The lowest BCUT2D eigenvalue weighted by atomic mass is 9.82. The van der Waals surface area contributed by atoms with Gasteiger partial charge in [0.25, 0.3) is 57.0 Å². The van der Waals surface area contributed by atoms with E-state index in [9.17, 15) is 86.0 Å². The fourth-order valence-electron chi connectivity index (χ4n) is 16.3. The van der Waals surface area contributed by atoms with Crippen molar-refractivity contribution in [3.63, 3.8) is 0 Å². The maximum Gasteiger partial charge on any atom is 0.451 e. The van der Waals surface area contributed by atoms with Gasteiger partial charge >= 0.3 is 90.0 Å². The van der Waals surface area contributed by atoms with Crippen molar-refractivity contribution >= 4 is 117 Å². The highest BCUT2D eigenvalue weighted by Gasteiger charge is 2.97. The Balaban J connectivity index is 0.000000409. The first kappa shape index (κ1) is 121. The van der Waals surface area contributed by atoms with Gasteiger partial charge in [-0.3, -0.25) is 0 Å². The number of rotatable bonds is 36. The molecule has 0 aromatic heterocycles. The highest BCUT2D eigenvalue weighted by molar-refractivity contribution is 7.88. The molecule has 758 valence electrons. The summed E-state index contributed by atoms with van der Waals surface area (Å²) in [5.41, 5.74) is 36.4. The Bertz CT molecular complexity index is 4350. The van der Waals surface area contributed by atoms with Gasteiger partial charge in [-0.2, -0.15) is 169 Å². The van der Waals surface area contributed by atoms with Crippen molar-refractivity contribution in [2.24, 2.45) is 75.5 Å². The molecule has 12 fully saturated rings. The first-order valence-corrected chi connectivity index (χ1v) is 47.9. The molecule has 9 saturated heterocycles. The number of alkyl halides is 10. The summed E-state index contributed by atoms with van der Waals surface area (Å²) < 4.78 is 271. The van der Waals surface area contributed by atoms with Crippen molar-refractivity contribution in [2.45, 2.75) is 203 Å². The number of halogens is 10. The van der Waals surface area contributed by atoms with Gasteiger partial charge in [0.15, 0.2) is 11.1 Å². The Morgan fingerprint density at radius 1 is 0.394 bits per heavy atom. The van der Waals surface area contributed by atoms with E-state index < -0.39 is 177 Å². The normalized spacial score (nSPS) is 28.4. The molecule has 132 heavy (non-hydrogen) atoms. The second-order valence-electron chi connectivity index (χ2n) is 33.7. The van der Waals surface area contributed by atoms with Crippen molar-refractivity contribution in [3.8, 4) is 0 Å². The summed E-state index contributed by atoms with van der Waals surface area (Å²) in [7, 11) is -26.9. The van der Waals surface area contributed by atoms with E-state index >= 15 is 0 Å². The third kappa shape index (κ3) is 30.1. The van der Waals surface area contributed by atoms with E-state index in [-0.39, 0.29) is 142 Å². The van der Waals surface area contributed by atoms with Gasteiger partial charge in [0.1, 0.15) is 5.54 Å². The van der Waals surface area contributed by atoms with E-state index in [2.05, 4.69) is 10.6 Å². The highest BCUT2D eigenvalue weighted by Crippen LogP contribution is 2.66. The number of nitrogens with zero attached hydrogens (tertiary/aromatic N) is 7. The Labute approximate surface area is 755 Å². The molecule has 0 aromatic rings. The lowest BCUT2D eigenvalue weighted by Crippen LogP contribution is -2.77. The molecule has 12 rings (SSSR count). The fraction of sp³-hybridized carbons (Fsp3) is 0.919. The summed E-state index contributed by atoms with van der Waals surface area (Å²) in [5, 5.41) is 94.7. The molecular formula is C62H115B5F10N20O30S5. The third-order valence-electron chi connectivity index (χ3n) is 24.8. The molecule has 0 aromatic carbocycles. The van der Waals surface area contributed by atoms with Crippen LogP contribution >= 0.6 is 0 Å². The van der Waals surface area contributed by atoms with Gasteiger partial charge in [-0.25, -0.2) is 8.78 Å². The smallest absolute Gasteiger partial charge is 0.427 e. The van der Waals surface area contributed by atoms with Crippen LogP contribution in [0, 0.1) is 29.6 Å². The maximum atomic E-state index is 13.4. The van der Waals surface area contributed by atoms with Crippen LogP contribution in [0.1, 0.15) is 83.5 Å². The minimum atomic E-state index is -4.65. The van der Waals surface area contributed by atoms with Gasteiger partial charge in [0, 0.05) is 160 Å². The summed E-state index contributed by atoms with van der Waals surface area (Å²) in [6, 6.07) is -1.94. The highest BCUT2D eigenvalue weighted by atomic mass is 32.2. The SMILES string of the molecule is NCC1(NS(=O)(=O)N2C[C@H](CCCB(O)O)[C@@H](N)C2)C(F)(F)C1(F)F.NCC1(NS(=O)(=O)N2C[C@H](CCCB(O)O)[C@@H](N)C2)CC1(F)F.N[C@H]1CN(S(=O)(=O)N2CC3(CCN3)C2)C[C@@H]1CCCB(O)O.N[C@H]1CN(S(=O)(=O)N2CCC23CNC3)C[C@@H]1CCCB(O)O.N[C@H]1CN(S(=O)(=O)NCC2(N)C(F)(F)C2(F)F)C[C@@H]1CCCB(O)O.O=C=O.O=C=O.O=C=O.O=C=O.O=C=O. The molecule has 12 aliphatic rings.